The van der Waals surface area contributed by atoms with E-state index < -0.39 is 0 Å². The number of nitrogens with zero attached hydrogens (tertiary/aromatic N) is 2. The highest BCUT2D eigenvalue weighted by atomic mass is 15.1. The Morgan fingerprint density at radius 2 is 0.618 bits per heavy atom. The van der Waals surface area contributed by atoms with E-state index in [0.29, 0.717) is 0 Å². The summed E-state index contributed by atoms with van der Waals surface area (Å²) in [5.74, 6) is 0. The topological polar surface area (TPSA) is 6.48 Å². The number of aryl methyl sites for hydroxylation is 6. The molecule has 0 N–H and O–H groups in total. The molecule has 7 rings (SSSR count). The van der Waals surface area contributed by atoms with E-state index in [2.05, 4.69) is 233 Å². The Hall–Kier alpha value is -6.38. The second-order valence-electron chi connectivity index (χ2n) is 14.6. The molecule has 0 aliphatic rings. The predicted octanol–water partition coefficient (Wildman–Crippen LogP) is 15.1. The van der Waals surface area contributed by atoms with Gasteiger partial charge in [-0.25, -0.2) is 0 Å². The van der Waals surface area contributed by atoms with E-state index in [0.717, 1.165) is 46.0 Å². The van der Waals surface area contributed by atoms with Crippen molar-refractivity contribution in [3.05, 3.63) is 213 Å². The van der Waals surface area contributed by atoms with Gasteiger partial charge in [0.1, 0.15) is 0 Å². The van der Waals surface area contributed by atoms with Crippen molar-refractivity contribution >= 4 is 58.4 Å². The van der Waals surface area contributed by atoms with Crippen LogP contribution in [-0.2, 0) is 6.42 Å². The maximum atomic E-state index is 2.34. The largest absolute Gasteiger partial charge is 0.310 e. The van der Waals surface area contributed by atoms with Crippen LogP contribution in [0.15, 0.2) is 158 Å². The molecule has 7 aromatic rings. The fourth-order valence-electron chi connectivity index (χ4n) is 6.77. The van der Waals surface area contributed by atoms with Gasteiger partial charge in [0.15, 0.2) is 0 Å². The highest BCUT2D eigenvalue weighted by Gasteiger charge is 2.15. The van der Waals surface area contributed by atoms with Crippen LogP contribution in [0.2, 0.25) is 0 Å². The Labute approximate surface area is 328 Å². The monoisotopic (exact) mass is 714 g/mol. The Kier molecular flexibility index (Phi) is 11.3. The zero-order valence-electron chi connectivity index (χ0n) is 32.9. The quantitative estimate of drug-likeness (QED) is 0.123. The fourth-order valence-corrected chi connectivity index (χ4v) is 6.77. The first kappa shape index (κ1) is 37.0. The number of benzene rings is 7. The normalized spacial score (nSPS) is 11.4. The van der Waals surface area contributed by atoms with Crippen molar-refractivity contribution in [1.29, 1.82) is 0 Å². The summed E-state index contributed by atoms with van der Waals surface area (Å²) in [5, 5.41) is 0. The van der Waals surface area contributed by atoms with Crippen LogP contribution in [0.4, 0.5) is 34.1 Å². The highest BCUT2D eigenvalue weighted by Crippen LogP contribution is 2.37. The molecule has 272 valence electrons. The van der Waals surface area contributed by atoms with Crippen molar-refractivity contribution in [3.8, 4) is 0 Å². The van der Waals surface area contributed by atoms with Gasteiger partial charge in [-0.1, -0.05) is 122 Å². The van der Waals surface area contributed by atoms with Gasteiger partial charge in [0.25, 0.3) is 0 Å². The van der Waals surface area contributed by atoms with Crippen LogP contribution in [0.1, 0.15) is 62.6 Å². The van der Waals surface area contributed by atoms with Crippen molar-refractivity contribution in [2.45, 2.75) is 48.0 Å². The number of hydrogen-bond donors (Lipinski definition) is 0. The lowest BCUT2D eigenvalue weighted by Crippen LogP contribution is -2.10. The second kappa shape index (κ2) is 16.7. The SMILES string of the molecule is CCc1ccc(N(c2ccc(C=Cc3ccc(C=Cc4ccc(N(c5ccc(C)cc5)c5ccc(C)c(C)c5)cc4)cc3)cc2)c2ccc(C)c(C)c2)cc1. The standard InChI is InChI=1S/C53H50N2/c1-7-43-20-30-49(31-21-43)55(53-29-11-40(4)42(6)37-53)51-34-24-47(25-35-51)19-17-45-14-12-44(13-15-45)16-18-46-22-32-50(33-23-46)54(48-26-8-38(2)9-27-48)52-28-10-39(3)41(5)36-52/h8-37H,7H2,1-6H3. The number of hydrogen-bond acceptors (Lipinski definition) is 2. The Bertz CT molecular complexity index is 2410. The van der Waals surface area contributed by atoms with Gasteiger partial charge in [-0.2, -0.15) is 0 Å². The molecule has 7 aromatic carbocycles. The lowest BCUT2D eigenvalue weighted by atomic mass is 10.1. The third-order valence-corrected chi connectivity index (χ3v) is 10.6. The van der Waals surface area contributed by atoms with Gasteiger partial charge < -0.3 is 9.80 Å². The predicted molar refractivity (Wildman–Crippen MR) is 240 cm³/mol. The molecule has 0 unspecified atom stereocenters. The third-order valence-electron chi connectivity index (χ3n) is 10.6. The molecule has 0 aliphatic heterocycles. The van der Waals surface area contributed by atoms with Gasteiger partial charge in [0.05, 0.1) is 0 Å². The van der Waals surface area contributed by atoms with Crippen LogP contribution < -0.4 is 9.80 Å². The Morgan fingerprint density at radius 3 is 0.945 bits per heavy atom. The molecule has 0 saturated carbocycles. The van der Waals surface area contributed by atoms with Crippen LogP contribution >= 0.6 is 0 Å². The first-order valence-corrected chi connectivity index (χ1v) is 19.3. The van der Waals surface area contributed by atoms with Crippen molar-refractivity contribution in [1.82, 2.24) is 0 Å². The lowest BCUT2D eigenvalue weighted by molar-refractivity contribution is 1.14. The molecule has 2 nitrogen and oxygen atoms in total. The zero-order chi connectivity index (χ0) is 38.3. The number of rotatable bonds is 11. The highest BCUT2D eigenvalue weighted by molar-refractivity contribution is 5.80. The molecular formula is C53H50N2. The van der Waals surface area contributed by atoms with E-state index in [1.54, 1.807) is 0 Å². The Morgan fingerprint density at radius 1 is 0.327 bits per heavy atom. The molecule has 0 bridgehead atoms. The summed E-state index contributed by atoms with van der Waals surface area (Å²) in [4.78, 5) is 4.67. The van der Waals surface area contributed by atoms with E-state index in [4.69, 9.17) is 0 Å². The van der Waals surface area contributed by atoms with Crippen molar-refractivity contribution in [3.63, 3.8) is 0 Å². The molecule has 0 spiro atoms. The van der Waals surface area contributed by atoms with Crippen LogP contribution in [0.25, 0.3) is 24.3 Å². The third kappa shape index (κ3) is 8.88. The minimum Gasteiger partial charge on any atom is -0.310 e. The van der Waals surface area contributed by atoms with Gasteiger partial charge in [-0.05, 0) is 164 Å². The van der Waals surface area contributed by atoms with E-state index in [-0.39, 0.29) is 0 Å². The van der Waals surface area contributed by atoms with E-state index >= 15 is 0 Å². The molecule has 0 aromatic heterocycles. The van der Waals surface area contributed by atoms with Gasteiger partial charge in [0, 0.05) is 34.1 Å². The minimum absolute atomic E-state index is 1.03. The zero-order valence-corrected chi connectivity index (χ0v) is 32.9. The lowest BCUT2D eigenvalue weighted by Gasteiger charge is -2.26. The molecule has 55 heavy (non-hydrogen) atoms. The van der Waals surface area contributed by atoms with Crippen molar-refractivity contribution in [2.24, 2.45) is 0 Å². The van der Waals surface area contributed by atoms with E-state index in [1.807, 2.05) is 0 Å². The summed E-state index contributed by atoms with van der Waals surface area (Å²) in [6, 6.07) is 57.4. The van der Waals surface area contributed by atoms with Crippen LogP contribution in [-0.4, -0.2) is 0 Å². The van der Waals surface area contributed by atoms with Gasteiger partial charge in [-0.15, -0.1) is 0 Å². The summed E-state index contributed by atoms with van der Waals surface area (Å²) in [7, 11) is 0. The van der Waals surface area contributed by atoms with Gasteiger partial charge >= 0.3 is 0 Å². The molecule has 0 atom stereocenters. The molecule has 0 heterocycles. The van der Waals surface area contributed by atoms with Gasteiger partial charge in [0.2, 0.25) is 0 Å². The van der Waals surface area contributed by atoms with E-state index in [1.165, 1.54) is 50.2 Å². The average Bonchev–Trinajstić information content (AvgIpc) is 3.21. The summed E-state index contributed by atoms with van der Waals surface area (Å²) in [6.45, 7) is 13.0. The second-order valence-corrected chi connectivity index (χ2v) is 14.6. The minimum atomic E-state index is 1.03. The smallest absolute Gasteiger partial charge is 0.0464 e. The van der Waals surface area contributed by atoms with Crippen LogP contribution in [0.3, 0.4) is 0 Å². The van der Waals surface area contributed by atoms with E-state index in [9.17, 15) is 0 Å². The summed E-state index contributed by atoms with van der Waals surface area (Å²) >= 11 is 0. The maximum absolute atomic E-state index is 2.34. The first-order valence-electron chi connectivity index (χ1n) is 19.3. The summed E-state index contributed by atoms with van der Waals surface area (Å²) in [5.41, 5.74) is 19.3. The molecule has 0 fully saturated rings. The first-order chi connectivity index (χ1) is 26.7. The van der Waals surface area contributed by atoms with Crippen LogP contribution in [0.5, 0.6) is 0 Å². The molecule has 0 aliphatic carbocycles. The molecular weight excluding hydrogens is 665 g/mol. The fraction of sp³-hybridized carbons (Fsp3) is 0.132. The van der Waals surface area contributed by atoms with Gasteiger partial charge in [-0.3, -0.25) is 0 Å². The summed E-state index contributed by atoms with van der Waals surface area (Å²) in [6.07, 6.45) is 9.76. The maximum Gasteiger partial charge on any atom is 0.0464 e. The van der Waals surface area contributed by atoms with Crippen molar-refractivity contribution in [2.75, 3.05) is 9.80 Å². The molecule has 0 amide bonds. The average molecular weight is 715 g/mol. The summed E-state index contributed by atoms with van der Waals surface area (Å²) < 4.78 is 0. The molecule has 0 saturated heterocycles. The van der Waals surface area contributed by atoms with Crippen molar-refractivity contribution < 1.29 is 0 Å². The Balaban J connectivity index is 1.03. The molecule has 2 heteroatoms. The number of anilines is 6. The molecule has 0 radical (unpaired) electrons. The van der Waals surface area contributed by atoms with Crippen LogP contribution in [0, 0.1) is 34.6 Å².